The number of fused-ring (bicyclic) bond motifs is 1. The molecule has 0 bridgehead atoms. The Morgan fingerprint density at radius 2 is 1.82 bits per heavy atom. The SMILES string of the molecule is CC1CCN(C(=O)[C@@H](C)Oc2ccc3ccccc3c2)CC1. The molecule has 0 radical (unpaired) electrons. The first-order chi connectivity index (χ1) is 10.6. The number of carbonyl (C=O) groups is 1. The van der Waals surface area contributed by atoms with E-state index in [1.54, 1.807) is 0 Å². The van der Waals surface area contributed by atoms with Gasteiger partial charge in [-0.2, -0.15) is 0 Å². The van der Waals surface area contributed by atoms with Gasteiger partial charge in [-0.05, 0) is 48.6 Å². The van der Waals surface area contributed by atoms with E-state index in [0.717, 1.165) is 43.0 Å². The van der Waals surface area contributed by atoms with Crippen LogP contribution in [0.1, 0.15) is 26.7 Å². The molecule has 1 aliphatic heterocycles. The second kappa shape index (κ2) is 6.39. The van der Waals surface area contributed by atoms with E-state index < -0.39 is 6.10 Å². The molecule has 0 aliphatic carbocycles. The van der Waals surface area contributed by atoms with Gasteiger partial charge in [0.05, 0.1) is 0 Å². The zero-order valence-corrected chi connectivity index (χ0v) is 13.3. The fraction of sp³-hybridized carbons (Fsp3) is 0.421. The molecule has 1 heterocycles. The Balaban J connectivity index is 1.67. The lowest BCUT2D eigenvalue weighted by molar-refractivity contribution is -0.139. The summed E-state index contributed by atoms with van der Waals surface area (Å²) in [7, 11) is 0. The van der Waals surface area contributed by atoms with Crippen molar-refractivity contribution in [3.8, 4) is 5.75 Å². The smallest absolute Gasteiger partial charge is 0.263 e. The maximum Gasteiger partial charge on any atom is 0.263 e. The normalized spacial score (nSPS) is 17.5. The van der Waals surface area contributed by atoms with E-state index >= 15 is 0 Å². The lowest BCUT2D eigenvalue weighted by Gasteiger charge is -2.32. The van der Waals surface area contributed by atoms with Crippen LogP contribution in [0.15, 0.2) is 42.5 Å². The Labute approximate surface area is 131 Å². The van der Waals surface area contributed by atoms with E-state index in [-0.39, 0.29) is 5.91 Å². The number of rotatable bonds is 3. The van der Waals surface area contributed by atoms with Gasteiger partial charge in [0.1, 0.15) is 5.75 Å². The first kappa shape index (κ1) is 14.9. The van der Waals surface area contributed by atoms with Crippen molar-refractivity contribution in [2.45, 2.75) is 32.8 Å². The van der Waals surface area contributed by atoms with Crippen LogP contribution < -0.4 is 4.74 Å². The summed E-state index contributed by atoms with van der Waals surface area (Å²) in [5.74, 6) is 1.57. The van der Waals surface area contributed by atoms with Crippen LogP contribution in [0.5, 0.6) is 5.75 Å². The number of hydrogen-bond acceptors (Lipinski definition) is 2. The quantitative estimate of drug-likeness (QED) is 0.861. The van der Waals surface area contributed by atoms with Gasteiger partial charge in [0.15, 0.2) is 6.10 Å². The fourth-order valence-corrected chi connectivity index (χ4v) is 2.98. The first-order valence-corrected chi connectivity index (χ1v) is 8.08. The lowest BCUT2D eigenvalue weighted by Crippen LogP contribution is -2.44. The highest BCUT2D eigenvalue weighted by atomic mass is 16.5. The molecule has 116 valence electrons. The molecule has 2 aromatic carbocycles. The minimum atomic E-state index is -0.436. The van der Waals surface area contributed by atoms with E-state index in [4.69, 9.17) is 4.74 Å². The van der Waals surface area contributed by atoms with Crippen LogP contribution in [0.4, 0.5) is 0 Å². The maximum atomic E-state index is 12.5. The molecule has 2 aromatic rings. The number of piperidine rings is 1. The molecular weight excluding hydrogens is 274 g/mol. The molecule has 22 heavy (non-hydrogen) atoms. The summed E-state index contributed by atoms with van der Waals surface area (Å²) in [6, 6.07) is 14.1. The number of ether oxygens (including phenoxy) is 1. The molecule has 1 fully saturated rings. The Hall–Kier alpha value is -2.03. The third-order valence-corrected chi connectivity index (χ3v) is 4.48. The standard InChI is InChI=1S/C19H23NO2/c1-14-9-11-20(12-10-14)19(21)15(2)22-18-8-7-16-5-3-4-6-17(16)13-18/h3-8,13-15H,9-12H2,1-2H3/t15-/m1/s1. The Kier molecular flexibility index (Phi) is 4.32. The molecule has 3 heteroatoms. The number of hydrogen-bond donors (Lipinski definition) is 0. The van der Waals surface area contributed by atoms with Crippen molar-refractivity contribution in [2.75, 3.05) is 13.1 Å². The predicted octanol–water partition coefficient (Wildman–Crippen LogP) is 3.87. The van der Waals surface area contributed by atoms with Gasteiger partial charge in [-0.3, -0.25) is 4.79 Å². The van der Waals surface area contributed by atoms with Crippen molar-refractivity contribution in [3.63, 3.8) is 0 Å². The highest BCUT2D eigenvalue weighted by Crippen LogP contribution is 2.22. The van der Waals surface area contributed by atoms with Crippen LogP contribution in [0.2, 0.25) is 0 Å². The molecule has 3 rings (SSSR count). The predicted molar refractivity (Wildman–Crippen MR) is 89.0 cm³/mol. The van der Waals surface area contributed by atoms with Gasteiger partial charge in [-0.25, -0.2) is 0 Å². The number of benzene rings is 2. The van der Waals surface area contributed by atoms with Crippen LogP contribution in [0.25, 0.3) is 10.8 Å². The van der Waals surface area contributed by atoms with E-state index in [0.29, 0.717) is 0 Å². The lowest BCUT2D eigenvalue weighted by atomic mass is 9.99. The third-order valence-electron chi connectivity index (χ3n) is 4.48. The largest absolute Gasteiger partial charge is 0.481 e. The molecule has 0 spiro atoms. The summed E-state index contributed by atoms with van der Waals surface area (Å²) < 4.78 is 5.87. The van der Waals surface area contributed by atoms with Crippen LogP contribution in [0.3, 0.4) is 0 Å². The molecule has 0 N–H and O–H groups in total. The van der Waals surface area contributed by atoms with Gasteiger partial charge in [0.25, 0.3) is 5.91 Å². The molecule has 1 saturated heterocycles. The number of carbonyl (C=O) groups excluding carboxylic acids is 1. The van der Waals surface area contributed by atoms with Crippen molar-refractivity contribution < 1.29 is 9.53 Å². The van der Waals surface area contributed by atoms with Gasteiger partial charge in [0.2, 0.25) is 0 Å². The summed E-state index contributed by atoms with van der Waals surface area (Å²) in [5, 5.41) is 2.31. The van der Waals surface area contributed by atoms with Gasteiger partial charge in [0, 0.05) is 13.1 Å². The highest BCUT2D eigenvalue weighted by molar-refractivity contribution is 5.84. The zero-order valence-electron chi connectivity index (χ0n) is 13.3. The summed E-state index contributed by atoms with van der Waals surface area (Å²) >= 11 is 0. The summed E-state index contributed by atoms with van der Waals surface area (Å²) in [6.07, 6.45) is 1.75. The van der Waals surface area contributed by atoms with Gasteiger partial charge in [-0.1, -0.05) is 37.3 Å². The van der Waals surface area contributed by atoms with Crippen molar-refractivity contribution in [1.29, 1.82) is 0 Å². The molecule has 1 amide bonds. The van der Waals surface area contributed by atoms with Crippen LogP contribution in [0, 0.1) is 5.92 Å². The minimum absolute atomic E-state index is 0.0973. The molecule has 0 unspecified atom stereocenters. The minimum Gasteiger partial charge on any atom is -0.481 e. The second-order valence-corrected chi connectivity index (χ2v) is 6.28. The number of amides is 1. The summed E-state index contributed by atoms with van der Waals surface area (Å²) in [6.45, 7) is 5.79. The monoisotopic (exact) mass is 297 g/mol. The average Bonchev–Trinajstić information content (AvgIpc) is 2.55. The van der Waals surface area contributed by atoms with E-state index in [1.165, 1.54) is 5.39 Å². The highest BCUT2D eigenvalue weighted by Gasteiger charge is 2.25. The van der Waals surface area contributed by atoms with E-state index in [2.05, 4.69) is 19.1 Å². The van der Waals surface area contributed by atoms with Crippen LogP contribution in [-0.4, -0.2) is 30.0 Å². The molecule has 1 aliphatic rings. The van der Waals surface area contributed by atoms with Gasteiger partial charge >= 0.3 is 0 Å². The molecule has 0 saturated carbocycles. The number of likely N-dealkylation sites (tertiary alicyclic amines) is 1. The van der Waals surface area contributed by atoms with E-state index in [9.17, 15) is 4.79 Å². The Morgan fingerprint density at radius 1 is 1.14 bits per heavy atom. The summed E-state index contributed by atoms with van der Waals surface area (Å²) in [5.41, 5.74) is 0. The second-order valence-electron chi connectivity index (χ2n) is 6.28. The number of nitrogens with zero attached hydrogens (tertiary/aromatic N) is 1. The van der Waals surface area contributed by atoms with Crippen molar-refractivity contribution in [2.24, 2.45) is 5.92 Å². The maximum absolute atomic E-state index is 12.5. The van der Waals surface area contributed by atoms with Crippen molar-refractivity contribution >= 4 is 16.7 Å². The third kappa shape index (κ3) is 3.24. The Morgan fingerprint density at radius 3 is 2.55 bits per heavy atom. The molecular formula is C19H23NO2. The molecule has 0 aromatic heterocycles. The molecule has 3 nitrogen and oxygen atoms in total. The average molecular weight is 297 g/mol. The van der Waals surface area contributed by atoms with Crippen molar-refractivity contribution in [1.82, 2.24) is 4.90 Å². The van der Waals surface area contributed by atoms with Gasteiger partial charge < -0.3 is 9.64 Å². The van der Waals surface area contributed by atoms with Crippen LogP contribution >= 0.6 is 0 Å². The molecule has 1 atom stereocenters. The fourth-order valence-electron chi connectivity index (χ4n) is 2.98. The summed E-state index contributed by atoms with van der Waals surface area (Å²) in [4.78, 5) is 14.4. The van der Waals surface area contributed by atoms with E-state index in [1.807, 2.05) is 42.2 Å². The first-order valence-electron chi connectivity index (χ1n) is 8.08. The van der Waals surface area contributed by atoms with Gasteiger partial charge in [-0.15, -0.1) is 0 Å². The topological polar surface area (TPSA) is 29.5 Å². The van der Waals surface area contributed by atoms with Crippen LogP contribution in [-0.2, 0) is 4.79 Å². The van der Waals surface area contributed by atoms with Crippen molar-refractivity contribution in [3.05, 3.63) is 42.5 Å². The Bertz CT molecular complexity index is 659. The zero-order chi connectivity index (χ0) is 15.5.